The van der Waals surface area contributed by atoms with Gasteiger partial charge in [0.2, 0.25) is 0 Å². The number of carbonyl (C=O) groups excluding carboxylic acids is 1. The number of hydrogen-bond acceptors (Lipinski definition) is 3. The van der Waals surface area contributed by atoms with E-state index in [1.54, 1.807) is 6.07 Å². The molecule has 0 aliphatic heterocycles. The lowest BCUT2D eigenvalue weighted by atomic mass is 10.1. The molecule has 0 unspecified atom stereocenters. The number of hydrogen-bond donors (Lipinski definition) is 0. The molecule has 0 radical (unpaired) electrons. The molecule has 1 aromatic carbocycles. The highest BCUT2D eigenvalue weighted by atomic mass is 19.4. The van der Waals surface area contributed by atoms with Crippen LogP contribution in [0, 0.1) is 12.7 Å². The number of ether oxygens (including phenoxy) is 1. The first-order chi connectivity index (χ1) is 13.2. The van der Waals surface area contributed by atoms with E-state index >= 15 is 0 Å². The number of nitrogens with zero attached hydrogens (tertiary/aromatic N) is 3. The fourth-order valence-electron chi connectivity index (χ4n) is 3.51. The Balaban J connectivity index is 1.84. The Morgan fingerprint density at radius 2 is 1.96 bits per heavy atom. The minimum Gasteiger partial charge on any atom is -0.465 e. The van der Waals surface area contributed by atoms with Gasteiger partial charge in [-0.25, -0.2) is 9.18 Å². The van der Waals surface area contributed by atoms with Crippen molar-refractivity contribution in [2.45, 2.75) is 38.5 Å². The van der Waals surface area contributed by atoms with Crippen LogP contribution in [0.15, 0.2) is 24.3 Å². The van der Waals surface area contributed by atoms with Gasteiger partial charge in [0.05, 0.1) is 30.4 Å². The number of fused-ring (bicyclic) bond motifs is 1. The Hall–Kier alpha value is -2.84. The molecule has 0 bridgehead atoms. The van der Waals surface area contributed by atoms with E-state index in [0.29, 0.717) is 16.6 Å². The molecule has 0 saturated heterocycles. The zero-order valence-corrected chi connectivity index (χ0v) is 15.2. The van der Waals surface area contributed by atoms with Crippen molar-refractivity contribution in [3.8, 4) is 0 Å². The third kappa shape index (κ3) is 3.14. The van der Waals surface area contributed by atoms with E-state index in [-0.39, 0.29) is 23.8 Å². The van der Waals surface area contributed by atoms with Crippen molar-refractivity contribution in [3.05, 3.63) is 52.7 Å². The highest BCUT2D eigenvalue weighted by molar-refractivity contribution is 5.95. The lowest BCUT2D eigenvalue weighted by Gasteiger charge is -2.13. The summed E-state index contributed by atoms with van der Waals surface area (Å²) < 4.78 is 61.7. The predicted octanol–water partition coefficient (Wildman–Crippen LogP) is 4.47. The lowest BCUT2D eigenvalue weighted by molar-refractivity contribution is -0.144. The summed E-state index contributed by atoms with van der Waals surface area (Å²) in [7, 11) is 1.16. The normalized spacial score (nSPS) is 14.6. The van der Waals surface area contributed by atoms with Crippen LogP contribution in [0.3, 0.4) is 0 Å². The summed E-state index contributed by atoms with van der Waals surface area (Å²) in [5, 5.41) is 4.55. The quantitative estimate of drug-likeness (QED) is 0.484. The first-order valence-electron chi connectivity index (χ1n) is 8.72. The van der Waals surface area contributed by atoms with Crippen LogP contribution in [0.4, 0.5) is 17.6 Å². The fraction of sp³-hybridized carbons (Fsp3) is 0.368. The molecule has 3 aromatic rings. The second-order valence-electron chi connectivity index (χ2n) is 6.95. The van der Waals surface area contributed by atoms with E-state index in [0.717, 1.165) is 30.7 Å². The summed E-state index contributed by atoms with van der Waals surface area (Å²) >= 11 is 0. The predicted molar refractivity (Wildman–Crippen MR) is 92.6 cm³/mol. The van der Waals surface area contributed by atoms with Crippen LogP contribution in [0.25, 0.3) is 10.9 Å². The number of aryl methyl sites for hydroxylation is 1. The number of methoxy groups -OCH3 is 1. The first kappa shape index (κ1) is 18.5. The molecule has 2 aromatic heterocycles. The van der Waals surface area contributed by atoms with Crippen LogP contribution in [-0.2, 0) is 17.5 Å². The van der Waals surface area contributed by atoms with Crippen LogP contribution in [0.5, 0.6) is 0 Å². The van der Waals surface area contributed by atoms with Crippen molar-refractivity contribution in [2.24, 2.45) is 0 Å². The maximum atomic E-state index is 14.4. The molecule has 4 rings (SSSR count). The molecule has 5 nitrogen and oxygen atoms in total. The summed E-state index contributed by atoms with van der Waals surface area (Å²) in [5.41, 5.74) is 0.340. The van der Waals surface area contributed by atoms with Gasteiger partial charge in [0.25, 0.3) is 0 Å². The molecule has 1 saturated carbocycles. The van der Waals surface area contributed by atoms with E-state index in [1.165, 1.54) is 19.1 Å². The van der Waals surface area contributed by atoms with Gasteiger partial charge in [0.1, 0.15) is 11.5 Å². The Labute approximate surface area is 157 Å². The van der Waals surface area contributed by atoms with Gasteiger partial charge in [0, 0.05) is 17.1 Å². The second-order valence-corrected chi connectivity index (χ2v) is 6.95. The van der Waals surface area contributed by atoms with Gasteiger partial charge < -0.3 is 9.30 Å². The van der Waals surface area contributed by atoms with Crippen LogP contribution in [0.1, 0.15) is 46.3 Å². The molecule has 9 heteroatoms. The molecule has 1 fully saturated rings. The van der Waals surface area contributed by atoms with E-state index in [2.05, 4.69) is 9.84 Å². The van der Waals surface area contributed by atoms with Crippen LogP contribution < -0.4 is 0 Å². The third-order valence-electron chi connectivity index (χ3n) is 4.83. The van der Waals surface area contributed by atoms with Crippen LogP contribution in [0.2, 0.25) is 0 Å². The Bertz CT molecular complexity index is 1080. The average Bonchev–Trinajstić information content (AvgIpc) is 3.29. The van der Waals surface area contributed by atoms with Gasteiger partial charge in [-0.05, 0) is 44.0 Å². The van der Waals surface area contributed by atoms with E-state index in [1.807, 2.05) is 4.57 Å². The number of halogens is 4. The van der Waals surface area contributed by atoms with Gasteiger partial charge in [0.15, 0.2) is 0 Å². The summed E-state index contributed by atoms with van der Waals surface area (Å²) in [4.78, 5) is 11.8. The smallest absolute Gasteiger partial charge is 0.433 e. The second kappa shape index (κ2) is 6.35. The summed E-state index contributed by atoms with van der Waals surface area (Å²) in [6.45, 7) is 1.39. The number of rotatable bonds is 4. The molecule has 1 aliphatic carbocycles. The molecule has 148 valence electrons. The van der Waals surface area contributed by atoms with Crippen molar-refractivity contribution < 1.29 is 27.1 Å². The molecule has 0 amide bonds. The molecular weight excluding hydrogens is 378 g/mol. The molecule has 0 atom stereocenters. The molecule has 1 aliphatic rings. The third-order valence-corrected chi connectivity index (χ3v) is 4.83. The number of aromatic nitrogens is 3. The topological polar surface area (TPSA) is 49.1 Å². The largest absolute Gasteiger partial charge is 0.465 e. The SMILES string of the molecule is COC(=O)c1cc2cc(Cn3nc(C)cc3C(F)(F)F)n(C3CC3)c2cc1F. The zero-order valence-electron chi connectivity index (χ0n) is 15.2. The van der Waals surface area contributed by atoms with E-state index in [4.69, 9.17) is 0 Å². The minimum atomic E-state index is -4.53. The number of benzene rings is 1. The van der Waals surface area contributed by atoms with Gasteiger partial charge in [-0.15, -0.1) is 0 Å². The van der Waals surface area contributed by atoms with E-state index < -0.39 is 23.7 Å². The van der Waals surface area contributed by atoms with Crippen molar-refractivity contribution >= 4 is 16.9 Å². The summed E-state index contributed by atoms with van der Waals surface area (Å²) in [6, 6.07) is 5.39. The molecule has 0 N–H and O–H groups in total. The van der Waals surface area contributed by atoms with Crippen molar-refractivity contribution in [1.82, 2.24) is 14.3 Å². The Morgan fingerprint density at radius 1 is 1.25 bits per heavy atom. The molecule has 2 heterocycles. The lowest BCUT2D eigenvalue weighted by Crippen LogP contribution is -2.17. The maximum absolute atomic E-state index is 14.4. The highest BCUT2D eigenvalue weighted by Crippen LogP contribution is 2.41. The highest BCUT2D eigenvalue weighted by Gasteiger charge is 2.36. The van der Waals surface area contributed by atoms with Gasteiger partial charge >= 0.3 is 12.1 Å². The first-order valence-corrected chi connectivity index (χ1v) is 8.72. The Morgan fingerprint density at radius 3 is 2.57 bits per heavy atom. The average molecular weight is 395 g/mol. The van der Waals surface area contributed by atoms with Crippen LogP contribution >= 0.6 is 0 Å². The Kier molecular flexibility index (Phi) is 4.20. The monoisotopic (exact) mass is 395 g/mol. The summed E-state index contributed by atoms with van der Waals surface area (Å²) in [6.07, 6.45) is -2.80. The number of esters is 1. The number of alkyl halides is 3. The fourth-order valence-corrected chi connectivity index (χ4v) is 3.51. The van der Waals surface area contributed by atoms with Crippen molar-refractivity contribution in [1.29, 1.82) is 0 Å². The van der Waals surface area contributed by atoms with Crippen molar-refractivity contribution in [3.63, 3.8) is 0 Å². The van der Waals surface area contributed by atoms with Crippen molar-refractivity contribution in [2.75, 3.05) is 7.11 Å². The molecule has 28 heavy (non-hydrogen) atoms. The van der Waals surface area contributed by atoms with Crippen LogP contribution in [-0.4, -0.2) is 27.4 Å². The zero-order chi connectivity index (χ0) is 20.2. The van der Waals surface area contributed by atoms with E-state index in [9.17, 15) is 22.4 Å². The standard InChI is InChI=1S/C19H17F4N3O2/c1-10-5-17(19(21,22)23)25(24-10)9-13-6-11-7-14(18(27)28-2)15(20)8-16(11)26(13)12-3-4-12/h5-8,12H,3-4,9H2,1-2H3. The minimum absolute atomic E-state index is 0.0990. The van der Waals surface area contributed by atoms with Gasteiger partial charge in [-0.3, -0.25) is 4.68 Å². The van der Waals surface area contributed by atoms with Gasteiger partial charge in [-0.2, -0.15) is 18.3 Å². The summed E-state index contributed by atoms with van der Waals surface area (Å²) in [5.74, 6) is -1.53. The maximum Gasteiger partial charge on any atom is 0.433 e. The molecule has 0 spiro atoms. The van der Waals surface area contributed by atoms with Gasteiger partial charge in [-0.1, -0.05) is 0 Å². The number of carbonyl (C=O) groups is 1. The molecular formula is C19H17F4N3O2.